The molecule has 2 N–H and O–H groups in total. The van der Waals surface area contributed by atoms with Crippen molar-refractivity contribution in [3.05, 3.63) is 47.0 Å². The molecule has 2 unspecified atom stereocenters. The number of ether oxygens (including phenoxy) is 5. The molecular formula is C31H40O10. The zero-order chi connectivity index (χ0) is 30.1. The van der Waals surface area contributed by atoms with Crippen molar-refractivity contribution in [3.63, 3.8) is 0 Å². The lowest BCUT2D eigenvalue weighted by molar-refractivity contribution is -0.347. The van der Waals surface area contributed by atoms with E-state index in [-0.39, 0.29) is 30.8 Å². The van der Waals surface area contributed by atoms with Crippen LogP contribution in [0.25, 0.3) is 0 Å². The van der Waals surface area contributed by atoms with Crippen LogP contribution in [0.3, 0.4) is 0 Å². The van der Waals surface area contributed by atoms with Gasteiger partial charge in [0, 0.05) is 39.4 Å². The third-order valence-corrected chi connectivity index (χ3v) is 10.4. The predicted octanol–water partition coefficient (Wildman–Crippen LogP) is 2.39. The monoisotopic (exact) mass is 572 g/mol. The summed E-state index contributed by atoms with van der Waals surface area (Å²) in [5.74, 6) is -2.83. The van der Waals surface area contributed by atoms with E-state index in [1.54, 1.807) is 58.0 Å². The molecule has 1 aromatic rings. The van der Waals surface area contributed by atoms with Crippen LogP contribution in [-0.4, -0.2) is 90.5 Å². The molecule has 2 bridgehead atoms. The highest BCUT2D eigenvalue weighted by molar-refractivity contribution is 5.94. The lowest BCUT2D eigenvalue weighted by atomic mass is 9.44. The number of benzene rings is 1. The van der Waals surface area contributed by atoms with E-state index in [2.05, 4.69) is 0 Å². The van der Waals surface area contributed by atoms with Crippen LogP contribution in [0, 0.1) is 16.7 Å². The first kappa shape index (κ1) is 29.8. The molecule has 224 valence electrons. The van der Waals surface area contributed by atoms with Gasteiger partial charge >= 0.3 is 11.9 Å². The topological polar surface area (TPSA) is 138 Å². The van der Waals surface area contributed by atoms with Gasteiger partial charge in [0.1, 0.15) is 23.9 Å². The van der Waals surface area contributed by atoms with Crippen LogP contribution in [0.15, 0.2) is 41.5 Å². The third-order valence-electron chi connectivity index (χ3n) is 10.4. The number of Topliss-reactive ketones (excluding diaryl/α,β-unsaturated/α-hetero) is 1. The molecule has 0 spiro atoms. The Morgan fingerprint density at radius 2 is 1.73 bits per heavy atom. The summed E-state index contributed by atoms with van der Waals surface area (Å²) in [4.78, 5) is 41.2. The number of aliphatic hydroxyl groups excluding tert-OH is 1. The maximum Gasteiger partial charge on any atom is 0.338 e. The molecule has 0 amide bonds. The number of hydrogen-bond donors (Lipinski definition) is 2. The van der Waals surface area contributed by atoms with Crippen molar-refractivity contribution >= 4 is 17.7 Å². The molecular weight excluding hydrogens is 532 g/mol. The van der Waals surface area contributed by atoms with Crippen LogP contribution in [0.2, 0.25) is 0 Å². The number of hydrogen-bond acceptors (Lipinski definition) is 10. The highest BCUT2D eigenvalue weighted by atomic mass is 16.6. The minimum atomic E-state index is -1.93. The van der Waals surface area contributed by atoms with Gasteiger partial charge in [-0.25, -0.2) is 4.79 Å². The van der Waals surface area contributed by atoms with Crippen LogP contribution in [0.5, 0.6) is 0 Å². The van der Waals surface area contributed by atoms with Gasteiger partial charge in [-0.1, -0.05) is 32.0 Å². The largest absolute Gasteiger partial charge is 0.455 e. The molecule has 10 heteroatoms. The number of carbonyl (C=O) groups is 3. The molecule has 10 nitrogen and oxygen atoms in total. The van der Waals surface area contributed by atoms with E-state index >= 15 is 0 Å². The summed E-state index contributed by atoms with van der Waals surface area (Å²) in [6.07, 6.45) is -5.17. The summed E-state index contributed by atoms with van der Waals surface area (Å²) in [5, 5.41) is 24.2. The summed E-state index contributed by atoms with van der Waals surface area (Å²) >= 11 is 0. The second-order valence-electron chi connectivity index (χ2n) is 12.6. The molecule has 2 saturated carbocycles. The molecule has 1 saturated heterocycles. The fourth-order valence-electron chi connectivity index (χ4n) is 8.17. The Balaban J connectivity index is 1.84. The van der Waals surface area contributed by atoms with Gasteiger partial charge in [0.05, 0.1) is 35.7 Å². The van der Waals surface area contributed by atoms with Gasteiger partial charge in [-0.2, -0.15) is 0 Å². The molecule has 9 atom stereocenters. The SMILES string of the molecule is CO[C@H]1C(=O)[C@@]2(C)C(C(OC(=O)c3ccccc3)[C@]3(O)C[C@H](O)C(C)=C1C3(C)C)[C@]1(OC(C)=O)CO[C@@H]1C[C@@H]2OC. The average molecular weight is 573 g/mol. The summed E-state index contributed by atoms with van der Waals surface area (Å²) in [5.41, 5.74) is -4.88. The van der Waals surface area contributed by atoms with E-state index in [1.165, 1.54) is 21.1 Å². The molecule has 3 aliphatic carbocycles. The van der Waals surface area contributed by atoms with Gasteiger partial charge in [-0.15, -0.1) is 0 Å². The molecule has 0 radical (unpaired) electrons. The van der Waals surface area contributed by atoms with Crippen LogP contribution < -0.4 is 0 Å². The minimum Gasteiger partial charge on any atom is -0.455 e. The predicted molar refractivity (Wildman–Crippen MR) is 145 cm³/mol. The molecule has 1 heterocycles. The van der Waals surface area contributed by atoms with Crippen molar-refractivity contribution < 1.29 is 48.3 Å². The van der Waals surface area contributed by atoms with E-state index in [9.17, 15) is 24.6 Å². The Morgan fingerprint density at radius 3 is 2.27 bits per heavy atom. The van der Waals surface area contributed by atoms with Gasteiger partial charge in [-0.05, 0) is 37.1 Å². The number of ketones is 1. The zero-order valence-corrected chi connectivity index (χ0v) is 24.6. The molecule has 1 aromatic carbocycles. The zero-order valence-electron chi connectivity index (χ0n) is 24.6. The van der Waals surface area contributed by atoms with Gasteiger partial charge in [0.15, 0.2) is 11.4 Å². The van der Waals surface area contributed by atoms with Gasteiger partial charge in [0.25, 0.3) is 0 Å². The Kier molecular flexibility index (Phi) is 7.27. The average Bonchev–Trinajstić information content (AvgIpc) is 2.91. The van der Waals surface area contributed by atoms with E-state index < -0.39 is 70.4 Å². The van der Waals surface area contributed by atoms with E-state index in [1.807, 2.05) is 0 Å². The van der Waals surface area contributed by atoms with Crippen molar-refractivity contribution in [2.24, 2.45) is 16.7 Å². The fourth-order valence-corrected chi connectivity index (χ4v) is 8.17. The summed E-state index contributed by atoms with van der Waals surface area (Å²) in [7, 11) is 2.89. The van der Waals surface area contributed by atoms with Crippen LogP contribution >= 0.6 is 0 Å². The molecule has 41 heavy (non-hydrogen) atoms. The quantitative estimate of drug-likeness (QED) is 0.400. The second kappa shape index (κ2) is 9.98. The number of esters is 2. The molecule has 4 aliphatic rings. The van der Waals surface area contributed by atoms with Gasteiger partial charge in [0.2, 0.25) is 0 Å². The molecule has 3 fully saturated rings. The van der Waals surface area contributed by atoms with Crippen molar-refractivity contribution in [1.29, 1.82) is 0 Å². The van der Waals surface area contributed by atoms with Crippen molar-refractivity contribution in [1.82, 2.24) is 0 Å². The highest BCUT2D eigenvalue weighted by Gasteiger charge is 2.78. The van der Waals surface area contributed by atoms with Gasteiger partial charge in [-0.3, -0.25) is 9.59 Å². The van der Waals surface area contributed by atoms with Crippen LogP contribution in [0.4, 0.5) is 0 Å². The summed E-state index contributed by atoms with van der Waals surface area (Å²) < 4.78 is 30.1. The number of rotatable bonds is 5. The Labute approximate surface area is 239 Å². The number of methoxy groups -OCH3 is 2. The van der Waals surface area contributed by atoms with E-state index in [4.69, 9.17) is 23.7 Å². The number of carbonyl (C=O) groups excluding carboxylic acids is 3. The highest BCUT2D eigenvalue weighted by Crippen LogP contribution is 2.64. The first-order valence-corrected chi connectivity index (χ1v) is 14.0. The summed E-state index contributed by atoms with van der Waals surface area (Å²) in [6, 6.07) is 8.32. The van der Waals surface area contributed by atoms with Crippen molar-refractivity contribution in [3.8, 4) is 0 Å². The number of aliphatic hydroxyl groups is 2. The lowest BCUT2D eigenvalue weighted by Crippen LogP contribution is -2.82. The van der Waals surface area contributed by atoms with Gasteiger partial charge < -0.3 is 33.9 Å². The van der Waals surface area contributed by atoms with Crippen molar-refractivity contribution in [2.45, 2.75) is 89.2 Å². The normalized spacial score (nSPS) is 41.2. The molecule has 5 rings (SSSR count). The lowest BCUT2D eigenvalue weighted by Gasteiger charge is -2.67. The van der Waals surface area contributed by atoms with E-state index in [0.717, 1.165) is 0 Å². The standard InChI is InChI=1S/C31H40O10/c1-16-19(33)14-31(36)26(40-27(35)18-11-9-8-10-12-18)24-29(5,25(34)23(38-7)22(16)28(31,3)4)20(37-6)13-21-30(24,15-39-21)41-17(2)32/h8-12,19-21,23-24,26,33,36H,13-15H2,1-7H3/t19-,20-,21+,23+,24?,26?,29+,30-,31+/m0/s1. The molecule has 1 aliphatic heterocycles. The summed E-state index contributed by atoms with van der Waals surface area (Å²) in [6.45, 7) is 8.13. The minimum absolute atomic E-state index is 0.0704. The Bertz CT molecular complexity index is 1270. The van der Waals surface area contributed by atoms with Crippen molar-refractivity contribution in [2.75, 3.05) is 20.8 Å². The van der Waals surface area contributed by atoms with Crippen LogP contribution in [0.1, 0.15) is 57.8 Å². The Hall–Kier alpha value is -2.63. The Morgan fingerprint density at radius 1 is 1.07 bits per heavy atom. The smallest absolute Gasteiger partial charge is 0.338 e. The number of fused-ring (bicyclic) bond motifs is 5. The van der Waals surface area contributed by atoms with E-state index in [0.29, 0.717) is 11.1 Å². The third kappa shape index (κ3) is 3.98. The fraction of sp³-hybridized carbons (Fsp3) is 0.645. The first-order chi connectivity index (χ1) is 19.2. The van der Waals surface area contributed by atoms with Crippen LogP contribution in [-0.2, 0) is 33.3 Å². The first-order valence-electron chi connectivity index (χ1n) is 14.0. The second-order valence-corrected chi connectivity index (χ2v) is 12.6. The molecule has 0 aromatic heterocycles. The maximum absolute atomic E-state index is 14.9. The maximum atomic E-state index is 14.9.